The number of carbonyl (C=O) groups excluding carboxylic acids is 1. The van der Waals surface area contributed by atoms with Gasteiger partial charge >= 0.3 is 0 Å². The Bertz CT molecular complexity index is 771. The molecule has 1 aromatic carbocycles. The molecule has 2 aromatic rings. The first-order valence-electron chi connectivity index (χ1n) is 6.91. The Kier molecular flexibility index (Phi) is 5.10. The average molecular weight is 314 g/mol. The molecule has 1 amide bonds. The molecule has 0 aliphatic rings. The van der Waals surface area contributed by atoms with Crippen LogP contribution in [0.1, 0.15) is 28.5 Å². The van der Waals surface area contributed by atoms with Crippen LogP contribution in [0.15, 0.2) is 30.3 Å². The molecule has 1 aromatic heterocycles. The molecular formula is C16H15FN4O2. The van der Waals surface area contributed by atoms with E-state index in [4.69, 9.17) is 15.7 Å². The molecule has 3 N–H and O–H groups in total. The number of hydrogen-bond donors (Lipinski definition) is 2. The summed E-state index contributed by atoms with van der Waals surface area (Å²) >= 11 is 0. The molecule has 0 radical (unpaired) electrons. The van der Waals surface area contributed by atoms with Crippen LogP contribution in [0.4, 0.5) is 10.1 Å². The maximum Gasteiger partial charge on any atom is 0.270 e. The Morgan fingerprint density at radius 1 is 1.48 bits per heavy atom. The van der Waals surface area contributed by atoms with Crippen LogP contribution in [0, 0.1) is 17.1 Å². The Morgan fingerprint density at radius 2 is 2.22 bits per heavy atom. The third-order valence-corrected chi connectivity index (χ3v) is 3.04. The zero-order valence-corrected chi connectivity index (χ0v) is 12.5. The van der Waals surface area contributed by atoms with E-state index in [0.717, 1.165) is 0 Å². The van der Waals surface area contributed by atoms with Crippen molar-refractivity contribution >= 4 is 11.6 Å². The highest BCUT2D eigenvalue weighted by molar-refractivity contribution is 5.93. The zero-order valence-electron chi connectivity index (χ0n) is 12.5. The highest BCUT2D eigenvalue weighted by atomic mass is 19.1. The number of ether oxygens (including phenoxy) is 1. The van der Waals surface area contributed by atoms with Gasteiger partial charge in [0, 0.05) is 12.1 Å². The normalized spacial score (nSPS) is 9.96. The minimum absolute atomic E-state index is 0.00119. The van der Waals surface area contributed by atoms with Gasteiger partial charge in [0.2, 0.25) is 5.88 Å². The summed E-state index contributed by atoms with van der Waals surface area (Å²) in [6.07, 6.45) is 0. The van der Waals surface area contributed by atoms with Gasteiger partial charge in [-0.25, -0.2) is 9.37 Å². The number of carbonyl (C=O) groups is 1. The highest BCUT2D eigenvalue weighted by Gasteiger charge is 2.16. The third kappa shape index (κ3) is 3.74. The van der Waals surface area contributed by atoms with Crippen molar-refractivity contribution in [3.05, 3.63) is 53.0 Å². The van der Waals surface area contributed by atoms with Crippen LogP contribution >= 0.6 is 0 Å². The highest BCUT2D eigenvalue weighted by Crippen LogP contribution is 2.22. The predicted molar refractivity (Wildman–Crippen MR) is 82.1 cm³/mol. The van der Waals surface area contributed by atoms with Crippen molar-refractivity contribution in [3.8, 4) is 11.9 Å². The number of benzene rings is 1. The fourth-order valence-electron chi connectivity index (χ4n) is 1.92. The van der Waals surface area contributed by atoms with Crippen LogP contribution in [0.3, 0.4) is 0 Å². The number of aromatic nitrogens is 1. The van der Waals surface area contributed by atoms with Crippen molar-refractivity contribution in [1.29, 1.82) is 5.26 Å². The summed E-state index contributed by atoms with van der Waals surface area (Å²) in [5, 5.41) is 11.6. The minimum Gasteiger partial charge on any atom is -0.477 e. The Balaban J connectivity index is 2.19. The van der Waals surface area contributed by atoms with Crippen LogP contribution in [-0.2, 0) is 6.54 Å². The predicted octanol–water partition coefficient (Wildman–Crippen LogP) is 2.00. The van der Waals surface area contributed by atoms with Crippen molar-refractivity contribution in [2.24, 2.45) is 0 Å². The first-order chi connectivity index (χ1) is 11.1. The second-order valence-corrected chi connectivity index (χ2v) is 4.60. The van der Waals surface area contributed by atoms with Crippen molar-refractivity contribution in [1.82, 2.24) is 10.3 Å². The van der Waals surface area contributed by atoms with Gasteiger partial charge in [-0.1, -0.05) is 18.2 Å². The zero-order chi connectivity index (χ0) is 16.8. The van der Waals surface area contributed by atoms with E-state index in [0.29, 0.717) is 5.56 Å². The van der Waals surface area contributed by atoms with E-state index in [-0.39, 0.29) is 36.0 Å². The minimum atomic E-state index is -0.537. The Labute approximate surface area is 132 Å². The number of anilines is 1. The van der Waals surface area contributed by atoms with E-state index in [9.17, 15) is 9.18 Å². The van der Waals surface area contributed by atoms with Crippen LogP contribution in [0.2, 0.25) is 0 Å². The molecule has 0 atom stereocenters. The van der Waals surface area contributed by atoms with Gasteiger partial charge in [-0.15, -0.1) is 0 Å². The molecule has 0 aliphatic carbocycles. The average Bonchev–Trinajstić information content (AvgIpc) is 2.54. The summed E-state index contributed by atoms with van der Waals surface area (Å²) in [4.78, 5) is 16.1. The second kappa shape index (κ2) is 7.22. The second-order valence-electron chi connectivity index (χ2n) is 4.60. The number of amides is 1. The standard InChI is InChI=1S/C16H15FN4O2/c1-2-23-16-11(8-18)13(19)7-14(21-16)15(22)20-9-10-5-3-4-6-12(10)17/h3-7H,2,9H2,1H3,(H2,19,21)(H,20,22). The number of nitrogen functional groups attached to an aromatic ring is 1. The molecule has 0 unspecified atom stereocenters. The lowest BCUT2D eigenvalue weighted by atomic mass is 10.2. The van der Waals surface area contributed by atoms with E-state index in [1.54, 1.807) is 25.1 Å². The lowest BCUT2D eigenvalue weighted by Crippen LogP contribution is -2.25. The summed E-state index contributed by atoms with van der Waals surface area (Å²) < 4.78 is 18.8. The summed E-state index contributed by atoms with van der Waals surface area (Å²) in [7, 11) is 0. The van der Waals surface area contributed by atoms with Crippen LogP contribution in [-0.4, -0.2) is 17.5 Å². The van der Waals surface area contributed by atoms with Gasteiger partial charge in [0.25, 0.3) is 5.91 Å². The Hall–Kier alpha value is -3.14. The quantitative estimate of drug-likeness (QED) is 0.879. The molecule has 0 bridgehead atoms. The molecular weight excluding hydrogens is 299 g/mol. The van der Waals surface area contributed by atoms with Crippen molar-refractivity contribution < 1.29 is 13.9 Å². The van der Waals surface area contributed by atoms with Gasteiger partial charge in [-0.3, -0.25) is 4.79 Å². The summed E-state index contributed by atoms with van der Waals surface area (Å²) in [5.41, 5.74) is 6.29. The smallest absolute Gasteiger partial charge is 0.270 e. The number of hydrogen-bond acceptors (Lipinski definition) is 5. The molecule has 6 nitrogen and oxygen atoms in total. The van der Waals surface area contributed by atoms with Gasteiger partial charge in [0.15, 0.2) is 0 Å². The molecule has 0 aliphatic heterocycles. The number of pyridine rings is 1. The van der Waals surface area contributed by atoms with Crippen LogP contribution < -0.4 is 15.8 Å². The molecule has 1 heterocycles. The Morgan fingerprint density at radius 3 is 2.87 bits per heavy atom. The monoisotopic (exact) mass is 314 g/mol. The number of nitrogens with two attached hydrogens (primary N) is 1. The summed E-state index contributed by atoms with van der Waals surface area (Å²) in [6, 6.07) is 9.30. The van der Waals surface area contributed by atoms with Gasteiger partial charge < -0.3 is 15.8 Å². The molecule has 0 saturated carbocycles. The van der Waals surface area contributed by atoms with Gasteiger partial charge in [-0.2, -0.15) is 5.26 Å². The number of rotatable bonds is 5. The van der Waals surface area contributed by atoms with Gasteiger partial charge in [0.1, 0.15) is 23.1 Å². The van der Waals surface area contributed by atoms with Crippen LogP contribution in [0.25, 0.3) is 0 Å². The SMILES string of the molecule is CCOc1nc(C(=O)NCc2ccccc2F)cc(N)c1C#N. The van der Waals surface area contributed by atoms with Gasteiger partial charge in [-0.05, 0) is 19.1 Å². The van der Waals surface area contributed by atoms with Crippen LogP contribution in [0.5, 0.6) is 5.88 Å². The molecule has 0 spiro atoms. The van der Waals surface area contributed by atoms with E-state index >= 15 is 0 Å². The molecule has 7 heteroatoms. The number of nitrogens with one attached hydrogen (secondary N) is 1. The van der Waals surface area contributed by atoms with Crippen molar-refractivity contribution in [2.45, 2.75) is 13.5 Å². The van der Waals surface area contributed by atoms with E-state index in [2.05, 4.69) is 10.3 Å². The number of nitrogens with zero attached hydrogens (tertiary/aromatic N) is 2. The molecule has 0 fully saturated rings. The van der Waals surface area contributed by atoms with E-state index < -0.39 is 11.7 Å². The number of nitriles is 1. The third-order valence-electron chi connectivity index (χ3n) is 3.04. The summed E-state index contributed by atoms with van der Waals surface area (Å²) in [6.45, 7) is 2.02. The fourth-order valence-corrected chi connectivity index (χ4v) is 1.92. The van der Waals surface area contributed by atoms with Gasteiger partial charge in [0.05, 0.1) is 12.3 Å². The maximum absolute atomic E-state index is 13.5. The lowest BCUT2D eigenvalue weighted by Gasteiger charge is -2.10. The van der Waals surface area contributed by atoms with E-state index in [1.165, 1.54) is 12.1 Å². The van der Waals surface area contributed by atoms with E-state index in [1.807, 2.05) is 6.07 Å². The van der Waals surface area contributed by atoms with Crippen molar-refractivity contribution in [3.63, 3.8) is 0 Å². The first-order valence-corrected chi connectivity index (χ1v) is 6.91. The van der Waals surface area contributed by atoms with Crippen molar-refractivity contribution in [2.75, 3.05) is 12.3 Å². The molecule has 23 heavy (non-hydrogen) atoms. The first kappa shape index (κ1) is 16.2. The molecule has 2 rings (SSSR count). The lowest BCUT2D eigenvalue weighted by molar-refractivity contribution is 0.0944. The molecule has 118 valence electrons. The largest absolute Gasteiger partial charge is 0.477 e. The fraction of sp³-hybridized carbons (Fsp3) is 0.188. The topological polar surface area (TPSA) is 101 Å². The molecule has 0 saturated heterocycles. The summed E-state index contributed by atoms with van der Waals surface area (Å²) in [5.74, 6) is -0.938. The number of halogens is 1. The maximum atomic E-state index is 13.5.